The molecule has 2 N–H and O–H groups in total. The molecule has 17 heavy (non-hydrogen) atoms. The van der Waals surface area contributed by atoms with Crippen molar-refractivity contribution in [1.82, 2.24) is 10.2 Å². The number of aliphatic carboxylic acids is 1. The number of carboxylic acids is 1. The second-order valence-electron chi connectivity index (χ2n) is 5.07. The fourth-order valence-electron chi connectivity index (χ4n) is 2.34. The van der Waals surface area contributed by atoms with Crippen LogP contribution in [0.1, 0.15) is 38.5 Å². The van der Waals surface area contributed by atoms with Crippen LogP contribution in [0.3, 0.4) is 0 Å². The lowest BCUT2D eigenvalue weighted by molar-refractivity contribution is -0.138. The van der Waals surface area contributed by atoms with Crippen molar-refractivity contribution in [3.05, 3.63) is 0 Å². The van der Waals surface area contributed by atoms with E-state index in [-0.39, 0.29) is 18.5 Å². The van der Waals surface area contributed by atoms with Crippen LogP contribution in [-0.2, 0) is 4.79 Å². The van der Waals surface area contributed by atoms with E-state index in [2.05, 4.69) is 5.32 Å². The number of hydrogen-bond donors (Lipinski definition) is 2. The lowest BCUT2D eigenvalue weighted by atomic mass is 10.00. The molecule has 1 saturated carbocycles. The first kappa shape index (κ1) is 12.2. The number of nitrogens with one attached hydrogen (secondary N) is 1. The number of rotatable bonds is 4. The molecule has 96 valence electrons. The van der Waals surface area contributed by atoms with E-state index in [1.165, 1.54) is 12.8 Å². The molecule has 1 unspecified atom stereocenters. The first-order valence-corrected chi connectivity index (χ1v) is 6.43. The standard InChI is InChI=1S/C12H20N2O3/c15-11(16)7-10-3-1-2-6-14(10)12(17)13-8-9-4-5-9/h9-10H,1-8H2,(H,13,17)(H,15,16). The first-order chi connectivity index (χ1) is 8.16. The van der Waals surface area contributed by atoms with Gasteiger partial charge in [-0.3, -0.25) is 4.79 Å². The summed E-state index contributed by atoms with van der Waals surface area (Å²) in [5, 5.41) is 11.7. The van der Waals surface area contributed by atoms with Gasteiger partial charge < -0.3 is 15.3 Å². The smallest absolute Gasteiger partial charge is 0.317 e. The van der Waals surface area contributed by atoms with Crippen molar-refractivity contribution in [3.63, 3.8) is 0 Å². The van der Waals surface area contributed by atoms with E-state index >= 15 is 0 Å². The van der Waals surface area contributed by atoms with Crippen LogP contribution in [0.15, 0.2) is 0 Å². The lowest BCUT2D eigenvalue weighted by Crippen LogP contribution is -2.49. The number of carbonyl (C=O) groups is 2. The highest BCUT2D eigenvalue weighted by atomic mass is 16.4. The first-order valence-electron chi connectivity index (χ1n) is 6.43. The van der Waals surface area contributed by atoms with Crippen molar-refractivity contribution in [3.8, 4) is 0 Å². The largest absolute Gasteiger partial charge is 0.481 e. The molecule has 2 amide bonds. The van der Waals surface area contributed by atoms with Gasteiger partial charge in [-0.2, -0.15) is 0 Å². The predicted octanol–water partition coefficient (Wildman–Crippen LogP) is 1.44. The summed E-state index contributed by atoms with van der Waals surface area (Å²) in [6, 6.07) is -0.205. The van der Waals surface area contributed by atoms with Gasteiger partial charge in [0.05, 0.1) is 6.42 Å². The molecule has 0 aromatic heterocycles. The van der Waals surface area contributed by atoms with Crippen LogP contribution >= 0.6 is 0 Å². The molecule has 1 aliphatic carbocycles. The summed E-state index contributed by atoms with van der Waals surface area (Å²) >= 11 is 0. The minimum Gasteiger partial charge on any atom is -0.481 e. The monoisotopic (exact) mass is 240 g/mol. The maximum absolute atomic E-state index is 11.9. The molecule has 1 atom stereocenters. The van der Waals surface area contributed by atoms with E-state index in [0.29, 0.717) is 12.5 Å². The molecular formula is C12H20N2O3. The Morgan fingerprint density at radius 1 is 1.24 bits per heavy atom. The van der Waals surface area contributed by atoms with Gasteiger partial charge in [0.25, 0.3) is 0 Å². The Kier molecular flexibility index (Phi) is 3.86. The van der Waals surface area contributed by atoms with Crippen LogP contribution in [0.5, 0.6) is 0 Å². The zero-order valence-corrected chi connectivity index (χ0v) is 10.0. The summed E-state index contributed by atoms with van der Waals surface area (Å²) in [4.78, 5) is 24.4. The molecule has 0 spiro atoms. The Labute approximate surface area is 101 Å². The quantitative estimate of drug-likeness (QED) is 0.781. The van der Waals surface area contributed by atoms with Crippen LogP contribution < -0.4 is 5.32 Å². The number of urea groups is 1. The Morgan fingerprint density at radius 3 is 2.65 bits per heavy atom. The van der Waals surface area contributed by atoms with Gasteiger partial charge in [-0.25, -0.2) is 4.79 Å². The second-order valence-corrected chi connectivity index (χ2v) is 5.07. The summed E-state index contributed by atoms with van der Waals surface area (Å²) in [6.45, 7) is 1.43. The topological polar surface area (TPSA) is 69.6 Å². The average molecular weight is 240 g/mol. The van der Waals surface area contributed by atoms with Gasteiger partial charge in [0, 0.05) is 19.1 Å². The lowest BCUT2D eigenvalue weighted by Gasteiger charge is -2.34. The fraction of sp³-hybridized carbons (Fsp3) is 0.833. The summed E-state index contributed by atoms with van der Waals surface area (Å²) < 4.78 is 0. The van der Waals surface area contributed by atoms with Crippen LogP contribution in [0.25, 0.3) is 0 Å². The molecule has 5 nitrogen and oxygen atoms in total. The number of likely N-dealkylation sites (tertiary alicyclic amines) is 1. The molecule has 5 heteroatoms. The van der Waals surface area contributed by atoms with Gasteiger partial charge in [0.1, 0.15) is 0 Å². The third-order valence-electron chi connectivity index (χ3n) is 3.54. The molecule has 0 radical (unpaired) electrons. The number of carbonyl (C=O) groups excluding carboxylic acids is 1. The van der Waals surface area contributed by atoms with Crippen LogP contribution in [0.4, 0.5) is 4.79 Å². The molecule has 2 fully saturated rings. The third-order valence-corrected chi connectivity index (χ3v) is 3.54. The van der Waals surface area contributed by atoms with E-state index < -0.39 is 5.97 Å². The third kappa shape index (κ3) is 3.61. The van der Waals surface area contributed by atoms with Gasteiger partial charge in [-0.05, 0) is 38.0 Å². The molecule has 2 rings (SSSR count). The summed E-state index contributed by atoms with van der Waals surface area (Å²) in [6.07, 6.45) is 5.29. The number of nitrogens with zero attached hydrogens (tertiary/aromatic N) is 1. The minimum atomic E-state index is -0.822. The highest BCUT2D eigenvalue weighted by Gasteiger charge is 2.29. The highest BCUT2D eigenvalue weighted by molar-refractivity contribution is 5.76. The van der Waals surface area contributed by atoms with Crippen LogP contribution in [-0.4, -0.2) is 41.1 Å². The highest BCUT2D eigenvalue weighted by Crippen LogP contribution is 2.28. The van der Waals surface area contributed by atoms with Gasteiger partial charge in [0.2, 0.25) is 0 Å². The van der Waals surface area contributed by atoms with Crippen molar-refractivity contribution < 1.29 is 14.7 Å². The average Bonchev–Trinajstić information content (AvgIpc) is 3.09. The molecule has 0 bridgehead atoms. The fourth-order valence-corrected chi connectivity index (χ4v) is 2.34. The molecule has 2 aliphatic rings. The number of carboxylic acid groups (broad SMARTS) is 1. The number of hydrogen-bond acceptors (Lipinski definition) is 2. The second kappa shape index (κ2) is 5.38. The van der Waals surface area contributed by atoms with Crippen molar-refractivity contribution >= 4 is 12.0 Å². The Hall–Kier alpha value is -1.26. The normalized spacial score (nSPS) is 24.5. The zero-order chi connectivity index (χ0) is 12.3. The molecule has 1 saturated heterocycles. The predicted molar refractivity (Wildman–Crippen MR) is 62.7 cm³/mol. The summed E-state index contributed by atoms with van der Waals surface area (Å²) in [5.41, 5.74) is 0. The van der Waals surface area contributed by atoms with Crippen molar-refractivity contribution in [1.29, 1.82) is 0 Å². The van der Waals surface area contributed by atoms with Crippen molar-refractivity contribution in [2.75, 3.05) is 13.1 Å². The van der Waals surface area contributed by atoms with E-state index in [4.69, 9.17) is 5.11 Å². The minimum absolute atomic E-state index is 0.0663. The van der Waals surface area contributed by atoms with E-state index in [1.54, 1.807) is 4.90 Å². The SMILES string of the molecule is O=C(O)CC1CCCCN1C(=O)NCC1CC1. The molecule has 1 aliphatic heterocycles. The Morgan fingerprint density at radius 2 is 2.00 bits per heavy atom. The van der Waals surface area contributed by atoms with Gasteiger partial charge in [-0.15, -0.1) is 0 Å². The summed E-state index contributed by atoms with van der Waals surface area (Å²) in [7, 11) is 0. The Balaban J connectivity index is 1.84. The Bertz CT molecular complexity index is 302. The van der Waals surface area contributed by atoms with Gasteiger partial charge in [-0.1, -0.05) is 0 Å². The molecule has 0 aromatic carbocycles. The van der Waals surface area contributed by atoms with E-state index in [0.717, 1.165) is 25.8 Å². The maximum Gasteiger partial charge on any atom is 0.317 e. The maximum atomic E-state index is 11.9. The summed E-state index contributed by atoms with van der Waals surface area (Å²) in [5.74, 6) is -0.168. The van der Waals surface area contributed by atoms with E-state index in [9.17, 15) is 9.59 Å². The van der Waals surface area contributed by atoms with Crippen LogP contribution in [0, 0.1) is 5.92 Å². The molecular weight excluding hydrogens is 220 g/mol. The number of piperidine rings is 1. The van der Waals surface area contributed by atoms with E-state index in [1.807, 2.05) is 0 Å². The van der Waals surface area contributed by atoms with Crippen LogP contribution in [0.2, 0.25) is 0 Å². The van der Waals surface area contributed by atoms with Gasteiger partial charge in [0.15, 0.2) is 0 Å². The molecule has 0 aromatic rings. The zero-order valence-electron chi connectivity index (χ0n) is 10.0. The molecule has 1 heterocycles. The van der Waals surface area contributed by atoms with Crippen molar-refractivity contribution in [2.24, 2.45) is 5.92 Å². The van der Waals surface area contributed by atoms with Crippen molar-refractivity contribution in [2.45, 2.75) is 44.6 Å². The van der Waals surface area contributed by atoms with Gasteiger partial charge >= 0.3 is 12.0 Å². The number of amides is 2.